The van der Waals surface area contributed by atoms with Crippen LogP contribution in [0, 0.1) is 6.92 Å². The molecule has 4 nitrogen and oxygen atoms in total. The first kappa shape index (κ1) is 25.6. The van der Waals surface area contributed by atoms with Gasteiger partial charge in [-0.15, -0.1) is 11.3 Å². The van der Waals surface area contributed by atoms with Crippen LogP contribution in [-0.2, 0) is 17.3 Å². The number of nitrogens with one attached hydrogen (secondary N) is 1. The number of aromatic nitrogens is 1. The van der Waals surface area contributed by atoms with Gasteiger partial charge in [-0.3, -0.25) is 10.1 Å². The van der Waals surface area contributed by atoms with Crippen LogP contribution in [0.4, 0.5) is 5.13 Å². The molecular weight excluding hydrogens is 500 g/mol. The highest BCUT2D eigenvalue weighted by Gasteiger charge is 2.37. The first-order valence-corrected chi connectivity index (χ1v) is 14.5. The Labute approximate surface area is 234 Å². The van der Waals surface area contributed by atoms with Crippen LogP contribution in [0.3, 0.4) is 0 Å². The molecule has 198 valence electrons. The summed E-state index contributed by atoms with van der Waals surface area (Å²) in [4.78, 5) is 17.7. The summed E-state index contributed by atoms with van der Waals surface area (Å²) in [5, 5.41) is 7.76. The maximum Gasteiger partial charge on any atom is 0.293 e. The summed E-state index contributed by atoms with van der Waals surface area (Å²) in [5.41, 5.74) is 7.66. The van der Waals surface area contributed by atoms with Gasteiger partial charge in [-0.2, -0.15) is 0 Å². The fourth-order valence-electron chi connectivity index (χ4n) is 5.80. The monoisotopic (exact) mass is 534 g/mol. The van der Waals surface area contributed by atoms with E-state index in [1.54, 1.807) is 6.07 Å². The summed E-state index contributed by atoms with van der Waals surface area (Å²) in [7, 11) is 0. The highest BCUT2D eigenvalue weighted by Crippen LogP contribution is 2.46. The Kier molecular flexibility index (Phi) is 6.22. The number of fused-ring (bicyclic) bond motifs is 2. The van der Waals surface area contributed by atoms with Crippen LogP contribution in [0.5, 0.6) is 0 Å². The Morgan fingerprint density at radius 2 is 1.67 bits per heavy atom. The van der Waals surface area contributed by atoms with Crippen LogP contribution in [0.25, 0.3) is 22.0 Å². The van der Waals surface area contributed by atoms with Gasteiger partial charge in [-0.1, -0.05) is 82.3 Å². The second-order valence-corrected chi connectivity index (χ2v) is 12.9. The molecule has 0 spiro atoms. The fourth-order valence-corrected chi connectivity index (χ4v) is 6.51. The molecule has 6 rings (SSSR count). The summed E-state index contributed by atoms with van der Waals surface area (Å²) in [6.45, 7) is 11.6. The van der Waals surface area contributed by atoms with Crippen molar-refractivity contribution < 1.29 is 9.21 Å². The predicted octanol–water partition coefficient (Wildman–Crippen LogP) is 9.06. The highest BCUT2D eigenvalue weighted by molar-refractivity contribution is 7.14. The summed E-state index contributed by atoms with van der Waals surface area (Å²) < 4.78 is 6.03. The number of anilines is 1. The molecule has 1 N–H and O–H groups in total. The minimum absolute atomic E-state index is 0.153. The van der Waals surface area contributed by atoms with E-state index >= 15 is 0 Å². The maximum atomic E-state index is 13.0. The van der Waals surface area contributed by atoms with Gasteiger partial charge in [0.05, 0.1) is 5.69 Å². The molecule has 0 saturated heterocycles. The number of nitrogens with zero attached hydrogens (tertiary/aromatic N) is 1. The third kappa shape index (κ3) is 4.80. The van der Waals surface area contributed by atoms with E-state index in [2.05, 4.69) is 76.3 Å². The van der Waals surface area contributed by atoms with E-state index in [0.29, 0.717) is 17.3 Å². The van der Waals surface area contributed by atoms with Gasteiger partial charge in [0.25, 0.3) is 5.91 Å². The molecule has 0 aliphatic heterocycles. The average molecular weight is 535 g/mol. The van der Waals surface area contributed by atoms with Gasteiger partial charge in [0.1, 0.15) is 5.76 Å². The topological polar surface area (TPSA) is 55.1 Å². The summed E-state index contributed by atoms with van der Waals surface area (Å²) in [6, 6.07) is 22.9. The first-order valence-electron chi connectivity index (χ1n) is 13.6. The zero-order valence-electron chi connectivity index (χ0n) is 23.2. The third-order valence-electron chi connectivity index (χ3n) is 8.35. The molecule has 2 heterocycles. The van der Waals surface area contributed by atoms with E-state index in [1.807, 2.05) is 29.6 Å². The number of furan rings is 1. The van der Waals surface area contributed by atoms with Crippen LogP contribution in [0.1, 0.15) is 79.1 Å². The van der Waals surface area contributed by atoms with Crippen molar-refractivity contribution in [2.45, 2.75) is 64.7 Å². The number of carbonyl (C=O) groups is 1. The highest BCUT2D eigenvalue weighted by atomic mass is 32.1. The van der Waals surface area contributed by atoms with Crippen molar-refractivity contribution in [3.8, 4) is 11.3 Å². The molecular formula is C34H34N2O2S. The number of hydrogen-bond donors (Lipinski definition) is 1. The quantitative estimate of drug-likeness (QED) is 0.245. The van der Waals surface area contributed by atoms with Crippen molar-refractivity contribution in [1.82, 2.24) is 4.98 Å². The van der Waals surface area contributed by atoms with Crippen LogP contribution >= 0.6 is 11.3 Å². The summed E-state index contributed by atoms with van der Waals surface area (Å²) in [5.74, 6) is 0.792. The number of thiazole rings is 1. The third-order valence-corrected chi connectivity index (χ3v) is 9.11. The van der Waals surface area contributed by atoms with Crippen molar-refractivity contribution in [3.63, 3.8) is 0 Å². The SMILES string of the molecule is Cc1cc2c(cc1Cc1ccc(C(=O)Nc3nc(-c4cccc5ccccc45)cs3)o1)C(C)(C)CCC2(C)C. The molecule has 0 radical (unpaired) electrons. The Morgan fingerprint density at radius 3 is 2.46 bits per heavy atom. The van der Waals surface area contributed by atoms with Crippen molar-refractivity contribution in [2.24, 2.45) is 0 Å². The number of hydrogen-bond acceptors (Lipinski definition) is 4. The first-order chi connectivity index (χ1) is 18.6. The lowest BCUT2D eigenvalue weighted by Gasteiger charge is -2.42. The zero-order chi connectivity index (χ0) is 27.4. The van der Waals surface area contributed by atoms with Gasteiger partial charge in [-0.05, 0) is 75.8 Å². The molecule has 1 aliphatic carbocycles. The van der Waals surface area contributed by atoms with E-state index in [0.717, 1.165) is 27.8 Å². The van der Waals surface area contributed by atoms with Crippen LogP contribution in [0.15, 0.2) is 76.5 Å². The minimum Gasteiger partial charge on any atom is -0.456 e. The van der Waals surface area contributed by atoms with Gasteiger partial charge in [-0.25, -0.2) is 4.98 Å². The van der Waals surface area contributed by atoms with E-state index < -0.39 is 0 Å². The molecule has 0 saturated carbocycles. The van der Waals surface area contributed by atoms with E-state index in [4.69, 9.17) is 9.40 Å². The van der Waals surface area contributed by atoms with Crippen LogP contribution in [-0.4, -0.2) is 10.9 Å². The molecule has 0 atom stereocenters. The smallest absolute Gasteiger partial charge is 0.293 e. The van der Waals surface area contributed by atoms with Gasteiger partial charge in [0.2, 0.25) is 0 Å². The summed E-state index contributed by atoms with van der Waals surface area (Å²) in [6.07, 6.45) is 3.04. The molecule has 2 aromatic heterocycles. The standard InChI is InChI=1S/C34H34N2O2S/c1-21-17-27-28(34(4,5)16-15-33(27,2)3)19-23(21)18-24-13-14-30(38-24)31(37)36-32-35-29(20-39-32)26-12-8-10-22-9-6-7-11-25(22)26/h6-14,17,19-20H,15-16,18H2,1-5H3,(H,35,36,37). The number of carbonyl (C=O) groups excluding carboxylic acids is 1. The lowest BCUT2D eigenvalue weighted by molar-refractivity contribution is 0.0995. The molecule has 1 amide bonds. The average Bonchev–Trinajstić information content (AvgIpc) is 3.57. The molecule has 0 fully saturated rings. The lowest BCUT2D eigenvalue weighted by atomic mass is 9.62. The Hall–Kier alpha value is -3.70. The van der Waals surface area contributed by atoms with Gasteiger partial charge in [0, 0.05) is 17.4 Å². The van der Waals surface area contributed by atoms with E-state index in [-0.39, 0.29) is 16.7 Å². The zero-order valence-corrected chi connectivity index (χ0v) is 24.0. The van der Waals surface area contributed by atoms with Crippen molar-refractivity contribution in [3.05, 3.63) is 106 Å². The van der Waals surface area contributed by atoms with E-state index in [9.17, 15) is 4.79 Å². The number of rotatable bonds is 5. The van der Waals surface area contributed by atoms with Crippen LogP contribution in [0.2, 0.25) is 0 Å². The van der Waals surface area contributed by atoms with Crippen LogP contribution < -0.4 is 5.32 Å². The normalized spacial score (nSPS) is 15.7. The largest absolute Gasteiger partial charge is 0.456 e. The van der Waals surface area contributed by atoms with Gasteiger partial charge >= 0.3 is 0 Å². The fraction of sp³-hybridized carbons (Fsp3) is 0.294. The molecule has 1 aliphatic rings. The van der Waals surface area contributed by atoms with Gasteiger partial charge < -0.3 is 4.42 Å². The molecule has 39 heavy (non-hydrogen) atoms. The maximum absolute atomic E-state index is 13.0. The second kappa shape index (κ2) is 9.49. The number of aryl methyl sites for hydroxylation is 1. The van der Waals surface area contributed by atoms with Crippen molar-refractivity contribution >= 4 is 33.1 Å². The lowest BCUT2D eigenvalue weighted by Crippen LogP contribution is -2.34. The summed E-state index contributed by atoms with van der Waals surface area (Å²) >= 11 is 1.42. The molecule has 3 aromatic carbocycles. The van der Waals surface area contributed by atoms with E-state index in [1.165, 1.54) is 46.4 Å². The Bertz CT molecular complexity index is 1700. The second-order valence-electron chi connectivity index (χ2n) is 12.1. The molecule has 0 bridgehead atoms. The van der Waals surface area contributed by atoms with Crippen molar-refractivity contribution in [1.29, 1.82) is 0 Å². The Balaban J connectivity index is 1.20. The van der Waals surface area contributed by atoms with Gasteiger partial charge in [0.15, 0.2) is 10.9 Å². The molecule has 5 heteroatoms. The Morgan fingerprint density at radius 1 is 0.949 bits per heavy atom. The molecule has 0 unspecified atom stereocenters. The number of benzene rings is 3. The van der Waals surface area contributed by atoms with Crippen molar-refractivity contribution in [2.75, 3.05) is 5.32 Å². The molecule has 5 aromatic rings. The predicted molar refractivity (Wildman–Crippen MR) is 161 cm³/mol. The minimum atomic E-state index is -0.287. The number of amides is 1.